The Kier molecular flexibility index (Phi) is 31.6. The van der Waals surface area contributed by atoms with Crippen LogP contribution in [0.15, 0.2) is 0 Å². The van der Waals surface area contributed by atoms with Crippen molar-refractivity contribution >= 4 is 13.7 Å². The van der Waals surface area contributed by atoms with Gasteiger partial charge >= 0.3 is 7.82 Å². The average molecular weight is 810 g/mol. The van der Waals surface area contributed by atoms with Crippen LogP contribution in [0.5, 0.6) is 0 Å². The van der Waals surface area contributed by atoms with Crippen molar-refractivity contribution in [2.24, 2.45) is 0 Å². The first kappa shape index (κ1) is 52.4. The molecule has 8 N–H and O–H groups in total. The fourth-order valence-electron chi connectivity index (χ4n) is 7.44. The smallest absolute Gasteiger partial charge is 0.391 e. The van der Waals surface area contributed by atoms with Gasteiger partial charge in [0.1, 0.15) is 36.6 Å². The minimum Gasteiger partial charge on any atom is -0.391 e. The van der Waals surface area contributed by atoms with Crippen LogP contribution >= 0.6 is 7.82 Å². The highest BCUT2D eigenvalue weighted by molar-refractivity contribution is 7.47. The van der Waals surface area contributed by atoms with Crippen molar-refractivity contribution in [3.8, 4) is 0 Å². The lowest BCUT2D eigenvalue weighted by molar-refractivity contribution is -0.220. The normalized spacial score (nSPS) is 23.7. The summed E-state index contributed by atoms with van der Waals surface area (Å²) >= 11 is 0. The zero-order valence-electron chi connectivity index (χ0n) is 34.7. The maximum absolute atomic E-state index is 12.9. The SMILES string of the molecule is CCCCCCCCCCCCCCCCC[C@@H](O)[C@H](COP(=O)(O)OC1[C@H](O)[C@H](O)C(O)[C@H](O)[C@H]1O)NC(=O)CCCCCCCCCCCCCCC. The van der Waals surface area contributed by atoms with Gasteiger partial charge < -0.3 is 40.8 Å². The molecule has 1 amide bonds. The molecule has 328 valence electrons. The van der Waals surface area contributed by atoms with E-state index in [2.05, 4.69) is 19.2 Å². The molecule has 0 heterocycles. The van der Waals surface area contributed by atoms with E-state index in [-0.39, 0.29) is 12.3 Å². The monoisotopic (exact) mass is 810 g/mol. The standard InChI is InChI=1S/C42H84NO11P/c1-3-5-7-9-11-13-15-17-18-20-21-23-25-27-29-31-35(44)34(33-53-55(51,52)54-42-40(49)38(47)37(46)39(48)41(42)50)43-36(45)32-30-28-26-24-22-19-16-14-12-10-8-6-4-2/h34-35,37-42,44,46-50H,3-33H2,1-2H3,(H,43,45)(H,51,52)/t34-,35+,37?,38-,39+,40+,41+,42?/m0/s1. The minimum atomic E-state index is -5.05. The van der Waals surface area contributed by atoms with Crippen molar-refractivity contribution in [1.29, 1.82) is 0 Å². The third kappa shape index (κ3) is 25.4. The summed E-state index contributed by atoms with van der Waals surface area (Å²) in [5.74, 6) is -0.306. The lowest BCUT2D eigenvalue weighted by atomic mass is 9.85. The number of carbonyl (C=O) groups excluding carboxylic acids is 1. The summed E-state index contributed by atoms with van der Waals surface area (Å²) < 4.78 is 22.9. The fourth-order valence-corrected chi connectivity index (χ4v) is 8.40. The van der Waals surface area contributed by atoms with Crippen LogP contribution in [0.1, 0.15) is 206 Å². The number of hydrogen-bond acceptors (Lipinski definition) is 10. The summed E-state index contributed by atoms with van der Waals surface area (Å²) in [6.45, 7) is 3.88. The molecule has 12 nitrogen and oxygen atoms in total. The van der Waals surface area contributed by atoms with Crippen LogP contribution in [0.4, 0.5) is 0 Å². The Hall–Kier alpha value is -0.660. The molecule has 0 aromatic heterocycles. The van der Waals surface area contributed by atoms with E-state index in [4.69, 9.17) is 9.05 Å². The van der Waals surface area contributed by atoms with Crippen molar-refractivity contribution in [1.82, 2.24) is 5.32 Å². The average Bonchev–Trinajstić information content (AvgIpc) is 3.16. The van der Waals surface area contributed by atoms with Crippen LogP contribution in [-0.4, -0.2) is 96.8 Å². The Balaban J connectivity index is 2.49. The van der Waals surface area contributed by atoms with Crippen LogP contribution in [0, 0.1) is 0 Å². The van der Waals surface area contributed by atoms with Crippen LogP contribution < -0.4 is 5.32 Å². The van der Waals surface area contributed by atoms with Gasteiger partial charge in [-0.1, -0.05) is 187 Å². The molecule has 1 aliphatic carbocycles. The minimum absolute atomic E-state index is 0.242. The van der Waals surface area contributed by atoms with Crippen molar-refractivity contribution in [3.63, 3.8) is 0 Å². The summed E-state index contributed by atoms with van der Waals surface area (Å²) in [7, 11) is -5.05. The molecule has 0 spiro atoms. The molecule has 55 heavy (non-hydrogen) atoms. The van der Waals surface area contributed by atoms with Gasteiger partial charge in [0.05, 0.1) is 18.8 Å². The van der Waals surface area contributed by atoms with E-state index in [1.807, 2.05) is 0 Å². The molecular formula is C42H84NO11P. The Morgan fingerprint density at radius 3 is 1.25 bits per heavy atom. The van der Waals surface area contributed by atoms with Crippen molar-refractivity contribution in [3.05, 3.63) is 0 Å². The zero-order chi connectivity index (χ0) is 40.7. The molecule has 13 heteroatoms. The number of phosphoric ester groups is 1. The molecule has 0 bridgehead atoms. The molecule has 1 rings (SSSR count). The van der Waals surface area contributed by atoms with Gasteiger partial charge in [-0.25, -0.2) is 4.57 Å². The van der Waals surface area contributed by atoms with E-state index in [9.17, 15) is 44.9 Å². The van der Waals surface area contributed by atoms with Gasteiger partial charge in [0, 0.05) is 6.42 Å². The van der Waals surface area contributed by atoms with E-state index in [0.29, 0.717) is 19.3 Å². The summed E-state index contributed by atoms with van der Waals surface area (Å²) in [4.78, 5) is 23.3. The van der Waals surface area contributed by atoms with Crippen LogP contribution in [0.3, 0.4) is 0 Å². The molecule has 1 saturated carbocycles. The van der Waals surface area contributed by atoms with Crippen molar-refractivity contribution in [2.45, 2.75) is 255 Å². The predicted molar refractivity (Wildman–Crippen MR) is 218 cm³/mol. The summed E-state index contributed by atoms with van der Waals surface area (Å²) in [6.07, 6.45) is 21.3. The van der Waals surface area contributed by atoms with Gasteiger partial charge in [-0.3, -0.25) is 13.8 Å². The second-order valence-electron chi connectivity index (χ2n) is 16.3. The molecule has 9 atom stereocenters. The van der Waals surface area contributed by atoms with Gasteiger partial charge in [0.15, 0.2) is 0 Å². The molecule has 0 aromatic rings. The highest BCUT2D eigenvalue weighted by atomic mass is 31.2. The lowest BCUT2D eigenvalue weighted by Crippen LogP contribution is -2.64. The van der Waals surface area contributed by atoms with Crippen molar-refractivity contribution in [2.75, 3.05) is 6.61 Å². The Morgan fingerprint density at radius 1 is 0.545 bits per heavy atom. The van der Waals surface area contributed by atoms with E-state index < -0.39 is 63.2 Å². The topological polar surface area (TPSA) is 206 Å². The van der Waals surface area contributed by atoms with E-state index in [0.717, 1.165) is 38.5 Å². The maximum Gasteiger partial charge on any atom is 0.472 e. The predicted octanol–water partition coefficient (Wildman–Crippen LogP) is 7.90. The first-order chi connectivity index (χ1) is 26.4. The second-order valence-corrected chi connectivity index (χ2v) is 17.7. The Morgan fingerprint density at radius 2 is 0.873 bits per heavy atom. The van der Waals surface area contributed by atoms with Gasteiger partial charge in [-0.15, -0.1) is 0 Å². The second kappa shape index (κ2) is 33.2. The number of phosphoric acid groups is 1. The van der Waals surface area contributed by atoms with E-state index in [1.54, 1.807) is 0 Å². The highest BCUT2D eigenvalue weighted by Crippen LogP contribution is 2.47. The number of unbranched alkanes of at least 4 members (excludes halogenated alkanes) is 26. The molecule has 0 radical (unpaired) electrons. The van der Waals surface area contributed by atoms with E-state index >= 15 is 0 Å². The molecule has 1 fully saturated rings. The summed E-state index contributed by atoms with van der Waals surface area (Å²) in [6, 6.07) is -1.02. The van der Waals surface area contributed by atoms with Gasteiger partial charge in [0.25, 0.3) is 0 Å². The fraction of sp³-hybridized carbons (Fsp3) is 0.976. The number of hydrogen-bond donors (Lipinski definition) is 8. The Labute approximate surface area is 334 Å². The number of rotatable bonds is 37. The molecule has 0 aromatic carbocycles. The third-order valence-electron chi connectivity index (χ3n) is 11.2. The molecule has 0 aliphatic heterocycles. The van der Waals surface area contributed by atoms with Gasteiger partial charge in [-0.05, 0) is 12.8 Å². The van der Waals surface area contributed by atoms with Crippen molar-refractivity contribution < 1.29 is 53.9 Å². The molecule has 3 unspecified atom stereocenters. The quantitative estimate of drug-likeness (QED) is 0.0224. The van der Waals surface area contributed by atoms with E-state index in [1.165, 1.54) is 128 Å². The first-order valence-corrected chi connectivity index (χ1v) is 24.0. The molecular weight excluding hydrogens is 725 g/mol. The number of amides is 1. The van der Waals surface area contributed by atoms with Crippen LogP contribution in [-0.2, 0) is 18.4 Å². The largest absolute Gasteiger partial charge is 0.472 e. The Bertz CT molecular complexity index is 946. The number of carbonyl (C=O) groups is 1. The van der Waals surface area contributed by atoms with Gasteiger partial charge in [-0.2, -0.15) is 0 Å². The third-order valence-corrected chi connectivity index (χ3v) is 12.2. The van der Waals surface area contributed by atoms with Crippen LogP contribution in [0.2, 0.25) is 0 Å². The first-order valence-electron chi connectivity index (χ1n) is 22.5. The summed E-state index contributed by atoms with van der Waals surface area (Å²) in [5.41, 5.74) is 0. The van der Waals surface area contributed by atoms with Crippen LogP contribution in [0.25, 0.3) is 0 Å². The lowest BCUT2D eigenvalue weighted by Gasteiger charge is -2.41. The van der Waals surface area contributed by atoms with Gasteiger partial charge in [0.2, 0.25) is 5.91 Å². The maximum atomic E-state index is 12.9. The highest BCUT2D eigenvalue weighted by Gasteiger charge is 2.51. The summed E-state index contributed by atoms with van der Waals surface area (Å²) in [5, 5.41) is 64.0. The number of aliphatic hydroxyl groups is 6. The molecule has 1 aliphatic rings. The zero-order valence-corrected chi connectivity index (χ0v) is 35.6. The molecule has 0 saturated heterocycles. The number of nitrogens with one attached hydrogen (secondary N) is 1. The number of aliphatic hydroxyl groups excluding tert-OH is 6.